The lowest BCUT2D eigenvalue weighted by Gasteiger charge is -2.40. The van der Waals surface area contributed by atoms with Gasteiger partial charge in [0.05, 0.1) is 24.0 Å². The van der Waals surface area contributed by atoms with Crippen LogP contribution < -0.4 is 10.9 Å². The van der Waals surface area contributed by atoms with E-state index in [2.05, 4.69) is 22.0 Å². The van der Waals surface area contributed by atoms with Gasteiger partial charge in [-0.1, -0.05) is 6.58 Å². The van der Waals surface area contributed by atoms with Crippen LogP contribution in [0.25, 0.3) is 16.7 Å². The summed E-state index contributed by atoms with van der Waals surface area (Å²) < 4.78 is 16.1. The summed E-state index contributed by atoms with van der Waals surface area (Å²) >= 11 is 0. The van der Waals surface area contributed by atoms with Crippen molar-refractivity contribution in [1.29, 1.82) is 0 Å². The van der Waals surface area contributed by atoms with Crippen LogP contribution in [-0.2, 0) is 16.1 Å². The summed E-state index contributed by atoms with van der Waals surface area (Å²) in [5.41, 5.74) is -0.536. The van der Waals surface area contributed by atoms with E-state index in [4.69, 9.17) is 0 Å². The van der Waals surface area contributed by atoms with E-state index < -0.39 is 5.60 Å². The molecule has 11 heteroatoms. The first-order valence-corrected chi connectivity index (χ1v) is 12.9. The van der Waals surface area contributed by atoms with Gasteiger partial charge in [-0.3, -0.25) is 19.0 Å². The van der Waals surface area contributed by atoms with Crippen LogP contribution in [0.1, 0.15) is 38.5 Å². The first-order valence-electron chi connectivity index (χ1n) is 12.9. The number of aromatic nitrogens is 4. The predicted molar refractivity (Wildman–Crippen MR) is 138 cm³/mol. The fourth-order valence-electron chi connectivity index (χ4n) is 5.45. The Morgan fingerprint density at radius 3 is 2.50 bits per heavy atom. The maximum atomic E-state index is 13.3. The molecule has 38 heavy (non-hydrogen) atoms. The molecular formula is C27H31FN6O4. The molecule has 1 aliphatic carbocycles. The van der Waals surface area contributed by atoms with Gasteiger partial charge in [-0.2, -0.15) is 5.10 Å². The molecule has 0 bridgehead atoms. The van der Waals surface area contributed by atoms with Crippen molar-refractivity contribution in [2.45, 2.75) is 56.7 Å². The number of carbonyl (C=O) groups excluding carboxylic acids is 2. The summed E-state index contributed by atoms with van der Waals surface area (Å²) in [5.74, 6) is -0.549. The normalized spacial score (nSPS) is 21.3. The van der Waals surface area contributed by atoms with Crippen LogP contribution >= 0.6 is 0 Å². The van der Waals surface area contributed by atoms with E-state index in [9.17, 15) is 23.9 Å². The Bertz CT molecular complexity index is 1400. The maximum Gasteiger partial charge on any atom is 0.264 e. The number of rotatable bonds is 6. The Hall–Kier alpha value is -3.86. The second-order valence-electron chi connectivity index (χ2n) is 10.3. The molecule has 3 aromatic rings. The predicted octanol–water partition coefficient (Wildman–Crippen LogP) is 1.94. The number of amides is 2. The zero-order valence-electron chi connectivity index (χ0n) is 21.1. The summed E-state index contributed by atoms with van der Waals surface area (Å²) in [4.78, 5) is 43.9. The molecule has 0 unspecified atom stereocenters. The third-order valence-electron chi connectivity index (χ3n) is 7.70. The van der Waals surface area contributed by atoms with Crippen LogP contribution in [-0.4, -0.2) is 65.9 Å². The highest BCUT2D eigenvalue weighted by Gasteiger charge is 2.37. The number of aliphatic hydroxyl groups is 1. The van der Waals surface area contributed by atoms with Crippen LogP contribution in [0.5, 0.6) is 0 Å². The number of nitrogens with one attached hydrogen (secondary N) is 1. The molecule has 0 spiro atoms. The Balaban J connectivity index is 1.20. The molecule has 5 rings (SSSR count). The Morgan fingerprint density at radius 1 is 1.16 bits per heavy atom. The minimum absolute atomic E-state index is 0.0621. The molecule has 2 fully saturated rings. The number of benzene rings is 1. The van der Waals surface area contributed by atoms with E-state index in [1.165, 1.54) is 40.0 Å². The van der Waals surface area contributed by atoms with Gasteiger partial charge in [-0.05, 0) is 68.9 Å². The van der Waals surface area contributed by atoms with Gasteiger partial charge in [0, 0.05) is 25.0 Å². The fourth-order valence-corrected chi connectivity index (χ4v) is 5.45. The van der Waals surface area contributed by atoms with Crippen LogP contribution in [0.4, 0.5) is 4.39 Å². The van der Waals surface area contributed by atoms with Crippen molar-refractivity contribution < 1.29 is 19.1 Å². The summed E-state index contributed by atoms with van der Waals surface area (Å²) in [5, 5.41) is 18.7. The van der Waals surface area contributed by atoms with Crippen LogP contribution in [0.3, 0.4) is 0 Å². The van der Waals surface area contributed by atoms with E-state index in [-0.39, 0.29) is 41.7 Å². The molecule has 1 saturated heterocycles. The molecule has 2 aliphatic rings. The molecule has 2 N–H and O–H groups in total. The highest BCUT2D eigenvalue weighted by molar-refractivity contribution is 5.87. The van der Waals surface area contributed by atoms with Gasteiger partial charge in [-0.25, -0.2) is 14.1 Å². The van der Waals surface area contributed by atoms with E-state index >= 15 is 0 Å². The summed E-state index contributed by atoms with van der Waals surface area (Å²) in [6.07, 6.45) is 7.72. The summed E-state index contributed by atoms with van der Waals surface area (Å²) in [7, 11) is 0. The number of likely N-dealkylation sites (tertiary alicyclic amines) is 1. The zero-order chi connectivity index (χ0) is 26.9. The van der Waals surface area contributed by atoms with Gasteiger partial charge in [0.25, 0.3) is 5.56 Å². The first-order chi connectivity index (χ1) is 18.3. The van der Waals surface area contributed by atoms with Gasteiger partial charge in [0.1, 0.15) is 17.5 Å². The number of halogens is 1. The minimum Gasteiger partial charge on any atom is -0.388 e. The van der Waals surface area contributed by atoms with E-state index in [1.54, 1.807) is 17.0 Å². The molecule has 10 nitrogen and oxygen atoms in total. The zero-order valence-corrected chi connectivity index (χ0v) is 21.1. The van der Waals surface area contributed by atoms with Crippen molar-refractivity contribution in [2.75, 3.05) is 13.1 Å². The molecule has 2 aromatic heterocycles. The van der Waals surface area contributed by atoms with Crippen molar-refractivity contribution in [3.05, 3.63) is 65.6 Å². The van der Waals surface area contributed by atoms with E-state index in [0.29, 0.717) is 55.5 Å². The second kappa shape index (κ2) is 10.5. The van der Waals surface area contributed by atoms with Crippen LogP contribution in [0.15, 0.2) is 54.2 Å². The van der Waals surface area contributed by atoms with Gasteiger partial charge >= 0.3 is 0 Å². The molecule has 3 heterocycles. The van der Waals surface area contributed by atoms with E-state index in [1.807, 2.05) is 0 Å². The molecule has 200 valence electrons. The van der Waals surface area contributed by atoms with Crippen molar-refractivity contribution in [2.24, 2.45) is 5.92 Å². The third kappa shape index (κ3) is 5.24. The lowest BCUT2D eigenvalue weighted by Crippen LogP contribution is -2.51. The highest BCUT2D eigenvalue weighted by Crippen LogP contribution is 2.30. The van der Waals surface area contributed by atoms with Crippen LogP contribution in [0, 0.1) is 11.7 Å². The standard InChI is InChI=1S/C27H31FN6O4/c1-2-23(35)31-20-7-3-18(4-8-20)25(36)32-13-11-27(38,12-14-32)16-33-17-29-24-22(26(33)37)15-30-34(24)21-9-5-19(28)6-10-21/h2,5-6,9-10,15,17-18,20,38H,1,3-4,7-8,11-14,16H2,(H,31,35)/t18-,20-. The molecule has 1 aromatic carbocycles. The number of carbonyl (C=O) groups is 2. The Morgan fingerprint density at radius 2 is 1.84 bits per heavy atom. The minimum atomic E-state index is -1.14. The topological polar surface area (TPSA) is 122 Å². The second-order valence-corrected chi connectivity index (χ2v) is 10.3. The van der Waals surface area contributed by atoms with Crippen LogP contribution in [0.2, 0.25) is 0 Å². The summed E-state index contributed by atoms with van der Waals surface area (Å²) in [6.45, 7) is 4.36. The van der Waals surface area contributed by atoms with Gasteiger partial charge in [-0.15, -0.1) is 0 Å². The average molecular weight is 523 g/mol. The number of hydrogen-bond donors (Lipinski definition) is 2. The summed E-state index contributed by atoms with van der Waals surface area (Å²) in [6, 6.07) is 5.80. The number of nitrogens with zero attached hydrogens (tertiary/aromatic N) is 5. The smallest absolute Gasteiger partial charge is 0.264 e. The maximum absolute atomic E-state index is 13.3. The van der Waals surface area contributed by atoms with Gasteiger partial charge in [0.15, 0.2) is 5.65 Å². The lowest BCUT2D eigenvalue weighted by molar-refractivity contribution is -0.141. The highest BCUT2D eigenvalue weighted by atomic mass is 19.1. The number of piperidine rings is 1. The van der Waals surface area contributed by atoms with Gasteiger partial charge < -0.3 is 15.3 Å². The molecule has 0 atom stereocenters. The Labute approximate surface area is 218 Å². The number of hydrogen-bond acceptors (Lipinski definition) is 6. The quantitative estimate of drug-likeness (QED) is 0.477. The monoisotopic (exact) mass is 522 g/mol. The van der Waals surface area contributed by atoms with E-state index in [0.717, 1.165) is 12.8 Å². The number of fused-ring (bicyclic) bond motifs is 1. The lowest BCUT2D eigenvalue weighted by atomic mass is 9.84. The third-order valence-corrected chi connectivity index (χ3v) is 7.70. The van der Waals surface area contributed by atoms with Crippen molar-refractivity contribution >= 4 is 22.8 Å². The van der Waals surface area contributed by atoms with Crippen molar-refractivity contribution in [3.63, 3.8) is 0 Å². The van der Waals surface area contributed by atoms with Crippen molar-refractivity contribution in [1.82, 2.24) is 29.5 Å². The largest absolute Gasteiger partial charge is 0.388 e. The molecule has 1 aliphatic heterocycles. The first kappa shape index (κ1) is 25.8. The van der Waals surface area contributed by atoms with Crippen molar-refractivity contribution in [3.8, 4) is 5.69 Å². The SMILES string of the molecule is C=CC(=O)N[C@H]1CC[C@H](C(=O)N2CCC(O)(Cn3cnc4c(cnn4-c4ccc(F)cc4)c3=O)CC2)CC1. The van der Waals surface area contributed by atoms with Gasteiger partial charge in [0.2, 0.25) is 11.8 Å². The average Bonchev–Trinajstić information content (AvgIpc) is 3.36. The Kier molecular flexibility index (Phi) is 7.11. The molecule has 1 saturated carbocycles. The molecule has 2 amide bonds. The molecular weight excluding hydrogens is 491 g/mol. The molecule has 0 radical (unpaired) electrons. The fraction of sp³-hybridized carbons (Fsp3) is 0.444.